The Labute approximate surface area is 172 Å². The lowest BCUT2D eigenvalue weighted by atomic mass is 10.1. The number of hydrogen-bond acceptors (Lipinski definition) is 5. The zero-order valence-corrected chi connectivity index (χ0v) is 16.7. The summed E-state index contributed by atoms with van der Waals surface area (Å²) in [6.07, 6.45) is 0.824. The molecule has 2 heterocycles. The van der Waals surface area contributed by atoms with Gasteiger partial charge in [-0.05, 0) is 17.7 Å². The predicted molar refractivity (Wildman–Crippen MR) is 114 cm³/mol. The first kappa shape index (κ1) is 19.6. The number of carbonyl (C=O) groups excluding carboxylic acids is 1. The molecule has 0 radical (unpaired) electrons. The number of rotatable bonds is 7. The van der Waals surface area contributed by atoms with Gasteiger partial charge in [-0.3, -0.25) is 14.6 Å². The van der Waals surface area contributed by atoms with Crippen molar-refractivity contribution in [1.82, 2.24) is 14.8 Å². The summed E-state index contributed by atoms with van der Waals surface area (Å²) in [6.45, 7) is 6.45. The zero-order valence-electron chi connectivity index (χ0n) is 16.7. The highest BCUT2D eigenvalue weighted by Crippen LogP contribution is 2.14. The summed E-state index contributed by atoms with van der Waals surface area (Å²) in [6, 6.07) is 20.0. The second-order valence-electron chi connectivity index (χ2n) is 7.46. The minimum atomic E-state index is 0.0943. The maximum absolute atomic E-state index is 12.6. The summed E-state index contributed by atoms with van der Waals surface area (Å²) in [5, 5.41) is 6.20. The first-order valence-corrected chi connectivity index (χ1v) is 10.3. The molecule has 6 nitrogen and oxygen atoms in total. The van der Waals surface area contributed by atoms with E-state index < -0.39 is 0 Å². The third kappa shape index (κ3) is 5.43. The molecular formula is C23H28N4O2. The number of amides is 1. The Balaban J connectivity index is 1.18. The Morgan fingerprint density at radius 1 is 0.862 bits per heavy atom. The van der Waals surface area contributed by atoms with Crippen LogP contribution in [0, 0.1) is 0 Å². The van der Waals surface area contributed by atoms with Crippen molar-refractivity contribution < 1.29 is 9.53 Å². The minimum Gasteiger partial charge on any atom is -0.492 e. The van der Waals surface area contributed by atoms with E-state index in [0.717, 1.165) is 56.2 Å². The van der Waals surface area contributed by atoms with E-state index >= 15 is 0 Å². The van der Waals surface area contributed by atoms with Crippen LogP contribution in [0.4, 0.5) is 0 Å². The van der Waals surface area contributed by atoms with Crippen LogP contribution in [0.1, 0.15) is 12.0 Å². The Kier molecular flexibility index (Phi) is 6.54. The first-order valence-electron chi connectivity index (χ1n) is 10.3. The summed E-state index contributed by atoms with van der Waals surface area (Å²) in [5.41, 5.74) is 2.11. The van der Waals surface area contributed by atoms with E-state index in [4.69, 9.17) is 4.74 Å². The number of carbonyl (C=O) groups is 1. The van der Waals surface area contributed by atoms with Crippen molar-refractivity contribution in [1.29, 1.82) is 0 Å². The summed E-state index contributed by atoms with van der Waals surface area (Å²) in [5.74, 6) is 1.01. The molecular weight excluding hydrogens is 364 g/mol. The lowest BCUT2D eigenvalue weighted by Crippen LogP contribution is -2.50. The molecule has 0 atom stereocenters. The molecule has 29 heavy (non-hydrogen) atoms. The number of para-hydroxylation sites is 1. The molecule has 0 aliphatic carbocycles. The molecule has 0 saturated carbocycles. The lowest BCUT2D eigenvalue weighted by Gasteiger charge is -2.34. The predicted octanol–water partition coefficient (Wildman–Crippen LogP) is 2.32. The highest BCUT2D eigenvalue weighted by atomic mass is 16.5. The summed E-state index contributed by atoms with van der Waals surface area (Å²) >= 11 is 0. The Hall–Kier alpha value is -2.70. The molecule has 0 aromatic heterocycles. The molecule has 2 aliphatic heterocycles. The van der Waals surface area contributed by atoms with Crippen molar-refractivity contribution in [3.63, 3.8) is 0 Å². The largest absolute Gasteiger partial charge is 0.492 e. The van der Waals surface area contributed by atoms with Gasteiger partial charge >= 0.3 is 0 Å². The Morgan fingerprint density at radius 2 is 1.52 bits per heavy atom. The highest BCUT2D eigenvalue weighted by molar-refractivity contribution is 6.02. The van der Waals surface area contributed by atoms with E-state index in [0.29, 0.717) is 19.7 Å². The molecule has 1 saturated heterocycles. The fourth-order valence-electron chi connectivity index (χ4n) is 3.72. The molecule has 0 N–H and O–H groups in total. The highest BCUT2D eigenvalue weighted by Gasteiger charge is 2.25. The number of hydrazone groups is 1. The van der Waals surface area contributed by atoms with Crippen molar-refractivity contribution in [3.8, 4) is 5.75 Å². The van der Waals surface area contributed by atoms with E-state index in [1.807, 2.05) is 60.7 Å². The van der Waals surface area contributed by atoms with E-state index in [1.54, 1.807) is 5.01 Å². The second kappa shape index (κ2) is 9.67. The van der Waals surface area contributed by atoms with Gasteiger partial charge in [-0.15, -0.1) is 0 Å². The van der Waals surface area contributed by atoms with Crippen molar-refractivity contribution >= 4 is 11.6 Å². The number of piperazine rings is 1. The van der Waals surface area contributed by atoms with Gasteiger partial charge in [0.05, 0.1) is 18.8 Å². The molecule has 2 aromatic rings. The second-order valence-corrected chi connectivity index (χ2v) is 7.46. The van der Waals surface area contributed by atoms with Gasteiger partial charge in [-0.25, -0.2) is 5.01 Å². The van der Waals surface area contributed by atoms with Gasteiger partial charge in [0.25, 0.3) is 5.91 Å². The SMILES string of the molecule is O=C(CN1CCN(CCOc2ccccc2)CC1)N1CCC(c2ccccc2)=N1. The Morgan fingerprint density at radius 3 is 2.24 bits per heavy atom. The fraction of sp³-hybridized carbons (Fsp3) is 0.391. The molecule has 0 unspecified atom stereocenters. The maximum atomic E-state index is 12.6. The average molecular weight is 393 g/mol. The van der Waals surface area contributed by atoms with Crippen LogP contribution < -0.4 is 4.74 Å². The molecule has 152 valence electrons. The summed E-state index contributed by atoms with van der Waals surface area (Å²) in [4.78, 5) is 17.3. The normalized spacial score (nSPS) is 17.9. The van der Waals surface area contributed by atoms with Crippen LogP contribution in [-0.2, 0) is 4.79 Å². The fourth-order valence-corrected chi connectivity index (χ4v) is 3.72. The third-order valence-corrected chi connectivity index (χ3v) is 5.44. The molecule has 4 rings (SSSR count). The van der Waals surface area contributed by atoms with Crippen molar-refractivity contribution in [2.45, 2.75) is 6.42 Å². The molecule has 2 aliphatic rings. The van der Waals surface area contributed by atoms with Crippen molar-refractivity contribution in [2.75, 3.05) is 52.4 Å². The van der Waals surface area contributed by atoms with Gasteiger partial charge < -0.3 is 4.74 Å². The van der Waals surface area contributed by atoms with Crippen LogP contribution in [0.5, 0.6) is 5.75 Å². The molecule has 1 fully saturated rings. The van der Waals surface area contributed by atoms with Gasteiger partial charge in [0.15, 0.2) is 0 Å². The first-order chi connectivity index (χ1) is 14.3. The molecule has 2 aromatic carbocycles. The monoisotopic (exact) mass is 392 g/mol. The number of benzene rings is 2. The van der Waals surface area contributed by atoms with Crippen molar-refractivity contribution in [3.05, 3.63) is 66.2 Å². The zero-order chi connectivity index (χ0) is 19.9. The summed E-state index contributed by atoms with van der Waals surface area (Å²) in [7, 11) is 0. The van der Waals surface area contributed by atoms with Crippen LogP contribution >= 0.6 is 0 Å². The van der Waals surface area contributed by atoms with Crippen LogP contribution in [0.2, 0.25) is 0 Å². The van der Waals surface area contributed by atoms with Gasteiger partial charge in [0, 0.05) is 39.1 Å². The Bertz CT molecular complexity index is 817. The van der Waals surface area contributed by atoms with Crippen LogP contribution in [0.25, 0.3) is 0 Å². The van der Waals surface area contributed by atoms with Gasteiger partial charge in [0.1, 0.15) is 12.4 Å². The van der Waals surface area contributed by atoms with Crippen molar-refractivity contribution in [2.24, 2.45) is 5.10 Å². The van der Waals surface area contributed by atoms with E-state index in [1.165, 1.54) is 0 Å². The van der Waals surface area contributed by atoms with Gasteiger partial charge in [0.2, 0.25) is 0 Å². The van der Waals surface area contributed by atoms with Crippen LogP contribution in [0.15, 0.2) is 65.8 Å². The van der Waals surface area contributed by atoms with Crippen LogP contribution in [-0.4, -0.2) is 78.8 Å². The molecule has 0 bridgehead atoms. The van der Waals surface area contributed by atoms with Gasteiger partial charge in [-0.2, -0.15) is 5.10 Å². The number of ether oxygens (including phenoxy) is 1. The standard InChI is InChI=1S/C23H28N4O2/c28-23(27-12-11-22(24-27)20-7-3-1-4-8-20)19-26-15-13-25(14-16-26)17-18-29-21-9-5-2-6-10-21/h1-10H,11-19H2. The molecule has 0 spiro atoms. The maximum Gasteiger partial charge on any atom is 0.256 e. The molecule has 1 amide bonds. The number of nitrogens with zero attached hydrogens (tertiary/aromatic N) is 4. The lowest BCUT2D eigenvalue weighted by molar-refractivity contribution is -0.132. The molecule has 6 heteroatoms. The van der Waals surface area contributed by atoms with E-state index in [-0.39, 0.29) is 5.91 Å². The summed E-state index contributed by atoms with van der Waals surface area (Å²) < 4.78 is 5.78. The topological polar surface area (TPSA) is 48.4 Å². The quantitative estimate of drug-likeness (QED) is 0.726. The average Bonchev–Trinajstić information content (AvgIpc) is 3.27. The van der Waals surface area contributed by atoms with Gasteiger partial charge in [-0.1, -0.05) is 48.5 Å². The van der Waals surface area contributed by atoms with Crippen LogP contribution in [0.3, 0.4) is 0 Å². The minimum absolute atomic E-state index is 0.0943. The van der Waals surface area contributed by atoms with E-state index in [2.05, 4.69) is 14.9 Å². The third-order valence-electron chi connectivity index (χ3n) is 5.44. The van der Waals surface area contributed by atoms with E-state index in [9.17, 15) is 4.79 Å². The smallest absolute Gasteiger partial charge is 0.256 e. The number of hydrogen-bond donors (Lipinski definition) is 0.